The van der Waals surface area contributed by atoms with Gasteiger partial charge < -0.3 is 25.6 Å². The molecule has 0 spiro atoms. The number of nitrogens with zero attached hydrogens (tertiary/aromatic N) is 1. The van der Waals surface area contributed by atoms with Gasteiger partial charge in [0.05, 0.1) is 16.7 Å². The first kappa shape index (κ1) is 19.3. The zero-order valence-corrected chi connectivity index (χ0v) is 14.9. The average Bonchev–Trinajstić information content (AvgIpc) is 2.57. The number of nitrogens with two attached hydrogens (primary N) is 1. The Morgan fingerprint density at radius 1 is 1.38 bits per heavy atom. The smallest absolute Gasteiger partial charge is 0.253 e. The molecule has 2 rings (SSSR count). The molecule has 134 valence electrons. The molecule has 8 heteroatoms. The van der Waals surface area contributed by atoms with Crippen LogP contribution in [0.15, 0.2) is 12.1 Å². The van der Waals surface area contributed by atoms with Crippen molar-refractivity contribution in [2.24, 2.45) is 11.7 Å². The van der Waals surface area contributed by atoms with Crippen LogP contribution in [-0.2, 0) is 9.53 Å². The van der Waals surface area contributed by atoms with Gasteiger partial charge in [0, 0.05) is 37.9 Å². The number of likely N-dealkylation sites (tertiary alicyclic amines) is 1. The second-order valence-electron chi connectivity index (χ2n) is 5.98. The molecule has 1 aliphatic rings. The normalized spacial score (nSPS) is 18.5. The van der Waals surface area contributed by atoms with Crippen molar-refractivity contribution in [2.75, 3.05) is 26.8 Å². The molecule has 0 aromatic heterocycles. The molecule has 1 amide bonds. The summed E-state index contributed by atoms with van der Waals surface area (Å²) in [5, 5.41) is 20.4. The van der Waals surface area contributed by atoms with Crippen molar-refractivity contribution in [2.45, 2.75) is 25.0 Å². The molecule has 4 N–H and O–H groups in total. The largest absolute Gasteiger partial charge is 0.508 e. The molecule has 1 aliphatic heterocycles. The zero-order valence-electron chi connectivity index (χ0n) is 13.4. The van der Waals surface area contributed by atoms with Gasteiger partial charge >= 0.3 is 0 Å². The number of methoxy groups -OCH3 is 1. The number of hydrogen-bond acceptors (Lipinski definition) is 5. The Balaban J connectivity index is 1.99. The molecule has 0 radical (unpaired) electrons. The van der Waals surface area contributed by atoms with E-state index in [9.17, 15) is 15.0 Å². The summed E-state index contributed by atoms with van der Waals surface area (Å²) >= 11 is 11.9. The van der Waals surface area contributed by atoms with E-state index in [2.05, 4.69) is 0 Å². The number of phenols is 1. The van der Waals surface area contributed by atoms with Crippen molar-refractivity contribution in [1.82, 2.24) is 4.90 Å². The molecule has 1 heterocycles. The number of phenolic OH excluding ortho intramolecular Hbond substituents is 1. The molecule has 1 aromatic carbocycles. The molecule has 6 nitrogen and oxygen atoms in total. The predicted molar refractivity (Wildman–Crippen MR) is 92.2 cm³/mol. The van der Waals surface area contributed by atoms with E-state index in [1.165, 1.54) is 13.2 Å². The Morgan fingerprint density at radius 2 is 1.96 bits per heavy atom. The average molecular weight is 377 g/mol. The standard InChI is InChI=1S/C16H22Cl2N2O4/c1-24-8-14(22)16(23)20-4-2-9(3-5-20)15(19)10-6-11(17)12(18)7-13(10)21/h6-7,9,14-15,21-22H,2-5,8,19H2,1H3/t14-,15-/m1/s1. The maximum absolute atomic E-state index is 12.1. The highest BCUT2D eigenvalue weighted by atomic mass is 35.5. The van der Waals surface area contributed by atoms with Crippen LogP contribution in [0.25, 0.3) is 0 Å². The number of aromatic hydroxyl groups is 1. The summed E-state index contributed by atoms with van der Waals surface area (Å²) in [6.45, 7) is 0.982. The number of aliphatic hydroxyl groups excluding tert-OH is 1. The number of halogens is 2. The first-order chi connectivity index (χ1) is 11.3. The minimum atomic E-state index is -1.14. The second-order valence-corrected chi connectivity index (χ2v) is 6.80. The van der Waals surface area contributed by atoms with E-state index in [0.29, 0.717) is 36.5 Å². The summed E-state index contributed by atoms with van der Waals surface area (Å²) < 4.78 is 4.80. The lowest BCUT2D eigenvalue weighted by molar-refractivity contribution is -0.144. The van der Waals surface area contributed by atoms with Gasteiger partial charge in [-0.2, -0.15) is 0 Å². The van der Waals surface area contributed by atoms with Crippen LogP contribution < -0.4 is 5.73 Å². The van der Waals surface area contributed by atoms with Crippen LogP contribution >= 0.6 is 23.2 Å². The Labute approximate surface area is 151 Å². The van der Waals surface area contributed by atoms with Crippen LogP contribution in [0.3, 0.4) is 0 Å². The first-order valence-electron chi connectivity index (χ1n) is 7.74. The lowest BCUT2D eigenvalue weighted by Crippen LogP contribution is -2.46. The molecule has 24 heavy (non-hydrogen) atoms. The SMILES string of the molecule is COC[C@@H](O)C(=O)N1CCC([C@@H](N)c2cc(Cl)c(Cl)cc2O)CC1. The van der Waals surface area contributed by atoms with Crippen LogP contribution in [-0.4, -0.2) is 53.9 Å². The molecular formula is C16H22Cl2N2O4. The molecule has 0 bridgehead atoms. The van der Waals surface area contributed by atoms with Crippen molar-refractivity contribution in [3.8, 4) is 5.75 Å². The van der Waals surface area contributed by atoms with Gasteiger partial charge in [-0.1, -0.05) is 23.2 Å². The van der Waals surface area contributed by atoms with E-state index in [-0.39, 0.29) is 29.2 Å². The highest BCUT2D eigenvalue weighted by Crippen LogP contribution is 2.37. The monoisotopic (exact) mass is 376 g/mol. The lowest BCUT2D eigenvalue weighted by Gasteiger charge is -2.35. The molecular weight excluding hydrogens is 355 g/mol. The van der Waals surface area contributed by atoms with Crippen molar-refractivity contribution in [1.29, 1.82) is 0 Å². The number of amides is 1. The van der Waals surface area contributed by atoms with Gasteiger partial charge in [-0.25, -0.2) is 0 Å². The number of benzene rings is 1. The van der Waals surface area contributed by atoms with Crippen molar-refractivity contribution >= 4 is 29.1 Å². The Kier molecular flexibility index (Phi) is 6.71. The van der Waals surface area contributed by atoms with Crippen LogP contribution in [0.2, 0.25) is 10.0 Å². The summed E-state index contributed by atoms with van der Waals surface area (Å²) in [6.07, 6.45) is 0.206. The molecule has 0 saturated carbocycles. The van der Waals surface area contributed by atoms with Gasteiger partial charge in [0.25, 0.3) is 5.91 Å². The topological polar surface area (TPSA) is 96.0 Å². The van der Waals surface area contributed by atoms with Crippen LogP contribution in [0.1, 0.15) is 24.4 Å². The molecule has 0 aliphatic carbocycles. The fourth-order valence-corrected chi connectivity index (χ4v) is 3.32. The number of carbonyl (C=O) groups is 1. The quantitative estimate of drug-likeness (QED) is 0.729. The molecule has 1 fully saturated rings. The summed E-state index contributed by atoms with van der Waals surface area (Å²) in [4.78, 5) is 13.7. The van der Waals surface area contributed by atoms with Crippen LogP contribution in [0.5, 0.6) is 5.75 Å². The third-order valence-electron chi connectivity index (χ3n) is 4.40. The van der Waals surface area contributed by atoms with Gasteiger partial charge in [0.1, 0.15) is 5.75 Å². The second kappa shape index (κ2) is 8.36. The zero-order chi connectivity index (χ0) is 17.9. The van der Waals surface area contributed by atoms with Crippen molar-refractivity contribution in [3.63, 3.8) is 0 Å². The predicted octanol–water partition coefficient (Wildman–Crippen LogP) is 1.94. The van der Waals surface area contributed by atoms with E-state index in [1.807, 2.05) is 0 Å². The minimum absolute atomic E-state index is 0.0184. The van der Waals surface area contributed by atoms with Crippen LogP contribution in [0.4, 0.5) is 0 Å². The van der Waals surface area contributed by atoms with Gasteiger partial charge in [0.2, 0.25) is 0 Å². The van der Waals surface area contributed by atoms with Gasteiger partial charge in [0.15, 0.2) is 6.10 Å². The van der Waals surface area contributed by atoms with Gasteiger partial charge in [-0.05, 0) is 24.8 Å². The number of ether oxygens (including phenoxy) is 1. The molecule has 1 aromatic rings. The summed E-state index contributed by atoms with van der Waals surface area (Å²) in [7, 11) is 1.44. The number of carbonyl (C=O) groups excluding carboxylic acids is 1. The van der Waals surface area contributed by atoms with E-state index < -0.39 is 12.1 Å². The number of piperidine rings is 1. The number of rotatable bonds is 5. The molecule has 0 unspecified atom stereocenters. The summed E-state index contributed by atoms with van der Waals surface area (Å²) in [5.41, 5.74) is 6.83. The van der Waals surface area contributed by atoms with Crippen molar-refractivity contribution < 1.29 is 19.7 Å². The third-order valence-corrected chi connectivity index (χ3v) is 5.12. The molecule has 1 saturated heterocycles. The van der Waals surface area contributed by atoms with Crippen molar-refractivity contribution in [3.05, 3.63) is 27.7 Å². The van der Waals surface area contributed by atoms with Gasteiger partial charge in [-0.15, -0.1) is 0 Å². The Bertz CT molecular complexity index is 592. The third kappa shape index (κ3) is 4.32. The fourth-order valence-electron chi connectivity index (χ4n) is 2.99. The first-order valence-corrected chi connectivity index (χ1v) is 8.50. The highest BCUT2D eigenvalue weighted by molar-refractivity contribution is 6.42. The maximum Gasteiger partial charge on any atom is 0.253 e. The minimum Gasteiger partial charge on any atom is -0.508 e. The lowest BCUT2D eigenvalue weighted by atomic mass is 9.85. The van der Waals surface area contributed by atoms with E-state index in [0.717, 1.165) is 0 Å². The van der Waals surface area contributed by atoms with Gasteiger partial charge in [-0.3, -0.25) is 4.79 Å². The maximum atomic E-state index is 12.1. The summed E-state index contributed by atoms with van der Waals surface area (Å²) in [5.74, 6) is -0.219. The van der Waals surface area contributed by atoms with E-state index in [1.54, 1.807) is 11.0 Å². The fraction of sp³-hybridized carbons (Fsp3) is 0.562. The van der Waals surface area contributed by atoms with Crippen LogP contribution in [0, 0.1) is 5.92 Å². The number of hydrogen-bond donors (Lipinski definition) is 3. The Hall–Kier alpha value is -1.05. The number of aliphatic hydroxyl groups is 1. The summed E-state index contributed by atoms with van der Waals surface area (Å²) in [6, 6.07) is 2.57. The highest BCUT2D eigenvalue weighted by Gasteiger charge is 2.31. The Morgan fingerprint density at radius 3 is 2.54 bits per heavy atom. The van der Waals surface area contributed by atoms with E-state index >= 15 is 0 Å². The molecule has 2 atom stereocenters. The van der Waals surface area contributed by atoms with E-state index in [4.69, 9.17) is 33.7 Å².